The molecule has 150 valence electrons. The van der Waals surface area contributed by atoms with Gasteiger partial charge in [-0.2, -0.15) is 0 Å². The molecule has 0 unspecified atom stereocenters. The summed E-state index contributed by atoms with van der Waals surface area (Å²) >= 11 is 0. The molecule has 2 aromatic heterocycles. The molecule has 1 atom stereocenters. The molecule has 0 radical (unpaired) electrons. The third-order valence-corrected chi connectivity index (χ3v) is 5.32. The number of hydrogen-bond donors (Lipinski definition) is 1. The number of carbonyl (C=O) groups is 1. The Morgan fingerprint density at radius 2 is 1.97 bits per heavy atom. The molecule has 1 saturated heterocycles. The van der Waals surface area contributed by atoms with Gasteiger partial charge >= 0.3 is 0 Å². The first kappa shape index (κ1) is 19.3. The van der Waals surface area contributed by atoms with Crippen LogP contribution in [0.1, 0.15) is 29.3 Å². The number of pyridine rings is 1. The lowest BCUT2D eigenvalue weighted by Crippen LogP contribution is -2.32. The molecule has 3 aromatic rings. The molecule has 1 N–H and O–H groups in total. The van der Waals surface area contributed by atoms with Gasteiger partial charge in [-0.1, -0.05) is 24.3 Å². The second-order valence-corrected chi connectivity index (χ2v) is 7.60. The van der Waals surface area contributed by atoms with Crippen LogP contribution in [0.15, 0.2) is 52.9 Å². The average Bonchev–Trinajstić information content (AvgIpc) is 3.34. The molecule has 6 nitrogen and oxygen atoms in total. The van der Waals surface area contributed by atoms with Crippen molar-refractivity contribution in [1.29, 1.82) is 0 Å². The van der Waals surface area contributed by atoms with E-state index >= 15 is 0 Å². The highest BCUT2D eigenvalue weighted by Crippen LogP contribution is 2.24. The second-order valence-electron chi connectivity index (χ2n) is 7.60. The van der Waals surface area contributed by atoms with Crippen LogP contribution in [0.4, 0.5) is 0 Å². The molecule has 1 amide bonds. The van der Waals surface area contributed by atoms with Gasteiger partial charge in [-0.15, -0.1) is 0 Å². The Balaban J connectivity index is 1.32. The zero-order chi connectivity index (χ0) is 20.2. The Morgan fingerprint density at radius 1 is 1.14 bits per heavy atom. The summed E-state index contributed by atoms with van der Waals surface area (Å²) < 4.78 is 5.86. The highest BCUT2D eigenvalue weighted by molar-refractivity contribution is 5.79. The lowest BCUT2D eigenvalue weighted by Gasteiger charge is -2.15. The third-order valence-electron chi connectivity index (χ3n) is 5.32. The minimum atomic E-state index is 0.000565. The number of likely N-dealkylation sites (tertiary alicyclic amines) is 1. The number of rotatable bonds is 6. The molecule has 1 aliphatic rings. The lowest BCUT2D eigenvalue weighted by molar-refractivity contribution is -0.124. The number of nitrogens with one attached hydrogen (secondary N) is 1. The van der Waals surface area contributed by atoms with E-state index in [0.29, 0.717) is 19.0 Å². The van der Waals surface area contributed by atoms with Crippen LogP contribution in [0.25, 0.3) is 11.5 Å². The summed E-state index contributed by atoms with van der Waals surface area (Å²) in [6.45, 7) is 6.69. The van der Waals surface area contributed by atoms with Crippen LogP contribution in [0.3, 0.4) is 0 Å². The van der Waals surface area contributed by atoms with Crippen molar-refractivity contribution in [2.24, 2.45) is 5.92 Å². The van der Waals surface area contributed by atoms with Gasteiger partial charge in [-0.3, -0.25) is 14.7 Å². The first-order valence-corrected chi connectivity index (χ1v) is 10.0. The summed E-state index contributed by atoms with van der Waals surface area (Å²) in [7, 11) is 0. The van der Waals surface area contributed by atoms with E-state index in [1.165, 1.54) is 0 Å². The molecule has 1 fully saturated rings. The lowest BCUT2D eigenvalue weighted by atomic mass is 10.1. The van der Waals surface area contributed by atoms with E-state index in [1.54, 1.807) is 0 Å². The van der Waals surface area contributed by atoms with Gasteiger partial charge in [0.2, 0.25) is 11.8 Å². The van der Waals surface area contributed by atoms with E-state index in [4.69, 9.17) is 4.42 Å². The number of hydrogen-bond acceptors (Lipinski definition) is 5. The quantitative estimate of drug-likeness (QED) is 0.698. The van der Waals surface area contributed by atoms with E-state index in [0.717, 1.165) is 47.9 Å². The smallest absolute Gasteiger partial charge is 0.226 e. The molecule has 0 saturated carbocycles. The van der Waals surface area contributed by atoms with Crippen molar-refractivity contribution in [2.75, 3.05) is 13.1 Å². The van der Waals surface area contributed by atoms with Gasteiger partial charge in [0.25, 0.3) is 0 Å². The van der Waals surface area contributed by atoms with Gasteiger partial charge in [-0.25, -0.2) is 4.98 Å². The molecule has 0 spiro atoms. The fourth-order valence-corrected chi connectivity index (χ4v) is 3.70. The Labute approximate surface area is 171 Å². The van der Waals surface area contributed by atoms with Crippen LogP contribution < -0.4 is 5.32 Å². The van der Waals surface area contributed by atoms with Crippen molar-refractivity contribution in [3.05, 3.63) is 71.4 Å². The number of benzene rings is 1. The van der Waals surface area contributed by atoms with E-state index < -0.39 is 0 Å². The predicted octanol–water partition coefficient (Wildman–Crippen LogP) is 3.49. The first-order valence-electron chi connectivity index (χ1n) is 10.0. The van der Waals surface area contributed by atoms with Gasteiger partial charge < -0.3 is 9.73 Å². The maximum atomic E-state index is 12.6. The zero-order valence-electron chi connectivity index (χ0n) is 16.9. The molecule has 29 heavy (non-hydrogen) atoms. The highest BCUT2D eigenvalue weighted by atomic mass is 16.4. The van der Waals surface area contributed by atoms with E-state index in [1.807, 2.05) is 62.4 Å². The first-order chi connectivity index (χ1) is 14.1. The van der Waals surface area contributed by atoms with Gasteiger partial charge in [0.05, 0.1) is 23.9 Å². The van der Waals surface area contributed by atoms with Crippen LogP contribution in [0.5, 0.6) is 0 Å². The minimum Gasteiger partial charge on any atom is -0.441 e. The molecule has 4 rings (SSSR count). The molecule has 1 aromatic carbocycles. The fourth-order valence-electron chi connectivity index (χ4n) is 3.70. The summed E-state index contributed by atoms with van der Waals surface area (Å²) in [4.78, 5) is 23.9. The fraction of sp³-hybridized carbons (Fsp3) is 0.348. The zero-order valence-corrected chi connectivity index (χ0v) is 16.9. The Morgan fingerprint density at radius 3 is 2.76 bits per heavy atom. The number of nitrogens with zero attached hydrogens (tertiary/aromatic N) is 3. The standard InChI is InChI=1S/C23H26N4O2/c1-16-7-6-10-20(25-16)13-24-22(28)19-11-12-27(14-19)15-21-17(2)29-23(26-21)18-8-4-3-5-9-18/h3-10,19H,11-15H2,1-2H3,(H,24,28)/t19-/m1/s1. The largest absolute Gasteiger partial charge is 0.441 e. The van der Waals surface area contributed by atoms with Gasteiger partial charge in [0.1, 0.15) is 5.76 Å². The number of aromatic nitrogens is 2. The van der Waals surface area contributed by atoms with Crippen molar-refractivity contribution >= 4 is 5.91 Å². The van der Waals surface area contributed by atoms with Gasteiger partial charge in [0.15, 0.2) is 0 Å². The maximum Gasteiger partial charge on any atom is 0.226 e. The number of aryl methyl sites for hydroxylation is 2. The predicted molar refractivity (Wildman–Crippen MR) is 111 cm³/mol. The van der Waals surface area contributed by atoms with Crippen LogP contribution in [0, 0.1) is 19.8 Å². The SMILES string of the molecule is Cc1cccc(CNC(=O)[C@@H]2CCN(Cc3nc(-c4ccccc4)oc3C)C2)n1. The minimum absolute atomic E-state index is 0.000565. The Hall–Kier alpha value is -2.99. The summed E-state index contributed by atoms with van der Waals surface area (Å²) in [6, 6.07) is 15.8. The monoisotopic (exact) mass is 390 g/mol. The molecule has 0 bridgehead atoms. The van der Waals surface area contributed by atoms with E-state index in [9.17, 15) is 4.79 Å². The topological polar surface area (TPSA) is 71.3 Å². The summed E-state index contributed by atoms with van der Waals surface area (Å²) in [6.07, 6.45) is 0.857. The number of oxazole rings is 1. The number of carbonyl (C=O) groups excluding carboxylic acids is 1. The molecular formula is C23H26N4O2. The highest BCUT2D eigenvalue weighted by Gasteiger charge is 2.29. The van der Waals surface area contributed by atoms with Gasteiger partial charge in [0, 0.05) is 24.3 Å². The van der Waals surface area contributed by atoms with Crippen LogP contribution in [-0.2, 0) is 17.9 Å². The van der Waals surface area contributed by atoms with Crippen molar-refractivity contribution in [1.82, 2.24) is 20.2 Å². The molecule has 3 heterocycles. The maximum absolute atomic E-state index is 12.6. The van der Waals surface area contributed by atoms with Crippen LogP contribution in [0.2, 0.25) is 0 Å². The third kappa shape index (κ3) is 4.71. The van der Waals surface area contributed by atoms with Crippen molar-refractivity contribution in [3.63, 3.8) is 0 Å². The Kier molecular flexibility index (Phi) is 5.71. The Bertz CT molecular complexity index is 984. The van der Waals surface area contributed by atoms with Crippen molar-refractivity contribution < 1.29 is 9.21 Å². The van der Waals surface area contributed by atoms with Crippen LogP contribution >= 0.6 is 0 Å². The molecule has 1 aliphatic heterocycles. The second kappa shape index (κ2) is 8.57. The normalized spacial score (nSPS) is 16.8. The summed E-state index contributed by atoms with van der Waals surface area (Å²) in [5.74, 6) is 1.58. The van der Waals surface area contributed by atoms with Crippen molar-refractivity contribution in [3.8, 4) is 11.5 Å². The van der Waals surface area contributed by atoms with Gasteiger partial charge in [-0.05, 0) is 51.1 Å². The van der Waals surface area contributed by atoms with Crippen LogP contribution in [-0.4, -0.2) is 33.9 Å². The molecule has 0 aliphatic carbocycles. The van der Waals surface area contributed by atoms with E-state index in [2.05, 4.69) is 20.2 Å². The average molecular weight is 390 g/mol. The van der Waals surface area contributed by atoms with E-state index in [-0.39, 0.29) is 11.8 Å². The number of amides is 1. The summed E-state index contributed by atoms with van der Waals surface area (Å²) in [5, 5.41) is 3.03. The molecule has 6 heteroatoms. The van der Waals surface area contributed by atoms with Crippen molar-refractivity contribution in [2.45, 2.75) is 33.4 Å². The molecular weight excluding hydrogens is 364 g/mol. The summed E-state index contributed by atoms with van der Waals surface area (Å²) in [5.41, 5.74) is 3.76.